The zero-order valence-electron chi connectivity index (χ0n) is 48.9. The molecule has 71 heavy (non-hydrogen) atoms. The molecule has 2 unspecified atom stereocenters. The zero-order chi connectivity index (χ0) is 51.8. The molecule has 0 fully saturated rings. The van der Waals surface area contributed by atoms with E-state index < -0.39 is 6.10 Å². The van der Waals surface area contributed by atoms with Gasteiger partial charge in [-0.05, 0) is 31.1 Å². The van der Waals surface area contributed by atoms with Crippen molar-refractivity contribution in [1.29, 1.82) is 0 Å². The summed E-state index contributed by atoms with van der Waals surface area (Å²) in [5.74, 6) is 0.973. The Labute approximate surface area is 444 Å². The predicted molar refractivity (Wildman–Crippen MR) is 307 cm³/mol. The highest BCUT2D eigenvalue weighted by atomic mass is 16.6. The van der Waals surface area contributed by atoms with E-state index in [1.165, 1.54) is 257 Å². The molecule has 0 bridgehead atoms. The monoisotopic (exact) mass is 1000 g/mol. The minimum atomic E-state index is -0.763. The Bertz CT molecular complexity index is 1090. The Balaban J connectivity index is 4.25. The molecule has 6 nitrogen and oxygen atoms in total. The first-order valence-corrected chi connectivity index (χ1v) is 32.3. The quantitative estimate of drug-likeness (QED) is 0.0343. The molecule has 0 amide bonds. The van der Waals surface area contributed by atoms with Crippen LogP contribution in [0.15, 0.2) is 0 Å². The molecule has 0 saturated carbocycles. The van der Waals surface area contributed by atoms with E-state index in [0.29, 0.717) is 19.3 Å². The van der Waals surface area contributed by atoms with Crippen LogP contribution < -0.4 is 0 Å². The van der Waals surface area contributed by atoms with Crippen molar-refractivity contribution in [3.05, 3.63) is 0 Å². The summed E-state index contributed by atoms with van der Waals surface area (Å²) in [5.41, 5.74) is 0. The van der Waals surface area contributed by atoms with E-state index in [2.05, 4.69) is 34.6 Å². The van der Waals surface area contributed by atoms with Gasteiger partial charge in [0, 0.05) is 19.3 Å². The lowest BCUT2D eigenvalue weighted by Crippen LogP contribution is -2.30. The molecule has 0 aliphatic rings. The fourth-order valence-electron chi connectivity index (χ4n) is 10.0. The molecule has 0 aromatic carbocycles. The van der Waals surface area contributed by atoms with Crippen molar-refractivity contribution in [2.75, 3.05) is 13.2 Å². The third kappa shape index (κ3) is 56.0. The number of unbranched alkanes of at least 4 members (excludes halogenated alkanes) is 42. The van der Waals surface area contributed by atoms with Crippen LogP contribution in [0.5, 0.6) is 0 Å². The molecule has 0 spiro atoms. The molecular formula is C65H126O6. The van der Waals surface area contributed by atoms with Gasteiger partial charge in [-0.2, -0.15) is 0 Å². The van der Waals surface area contributed by atoms with Gasteiger partial charge in [-0.15, -0.1) is 0 Å². The third-order valence-electron chi connectivity index (χ3n) is 15.7. The Morgan fingerprint density at radius 2 is 0.493 bits per heavy atom. The maximum atomic E-state index is 12.9. The highest BCUT2D eigenvalue weighted by molar-refractivity contribution is 5.71. The fourth-order valence-corrected chi connectivity index (χ4v) is 10.0. The second-order valence-corrected chi connectivity index (χ2v) is 22.9. The summed E-state index contributed by atoms with van der Waals surface area (Å²) in [7, 11) is 0. The molecule has 422 valence electrons. The molecule has 0 aromatic rings. The van der Waals surface area contributed by atoms with Gasteiger partial charge in [0.05, 0.1) is 0 Å². The maximum Gasteiger partial charge on any atom is 0.306 e. The van der Waals surface area contributed by atoms with Gasteiger partial charge in [0.15, 0.2) is 6.10 Å². The normalized spacial score (nSPS) is 12.8. The van der Waals surface area contributed by atoms with Crippen LogP contribution in [0.2, 0.25) is 0 Å². The van der Waals surface area contributed by atoms with E-state index in [4.69, 9.17) is 14.2 Å². The summed E-state index contributed by atoms with van der Waals surface area (Å²) in [5, 5.41) is 0. The number of hydrogen-bond donors (Lipinski definition) is 0. The Hall–Kier alpha value is -1.59. The van der Waals surface area contributed by atoms with Crippen molar-refractivity contribution in [3.8, 4) is 0 Å². The van der Waals surface area contributed by atoms with Crippen LogP contribution in [0.4, 0.5) is 0 Å². The summed E-state index contributed by atoms with van der Waals surface area (Å²) >= 11 is 0. The second-order valence-electron chi connectivity index (χ2n) is 22.9. The third-order valence-corrected chi connectivity index (χ3v) is 15.7. The lowest BCUT2D eigenvalue weighted by Gasteiger charge is -2.18. The highest BCUT2D eigenvalue weighted by Crippen LogP contribution is 2.20. The Morgan fingerprint density at radius 3 is 0.732 bits per heavy atom. The smallest absolute Gasteiger partial charge is 0.306 e. The number of carbonyl (C=O) groups is 3. The summed E-state index contributed by atoms with van der Waals surface area (Å²) in [6.45, 7) is 11.5. The summed E-state index contributed by atoms with van der Waals surface area (Å²) in [4.78, 5) is 38.3. The first-order valence-electron chi connectivity index (χ1n) is 32.3. The fraction of sp³-hybridized carbons (Fsp3) is 0.954. The second kappa shape index (κ2) is 57.7. The average Bonchev–Trinajstić information content (AvgIpc) is 3.37. The van der Waals surface area contributed by atoms with E-state index in [-0.39, 0.29) is 31.1 Å². The van der Waals surface area contributed by atoms with Crippen LogP contribution >= 0.6 is 0 Å². The molecule has 6 heteroatoms. The predicted octanol–water partition coefficient (Wildman–Crippen LogP) is 21.6. The van der Waals surface area contributed by atoms with Crippen molar-refractivity contribution < 1.29 is 28.6 Å². The lowest BCUT2D eigenvalue weighted by atomic mass is 9.99. The van der Waals surface area contributed by atoms with Crippen LogP contribution in [0.25, 0.3) is 0 Å². The maximum absolute atomic E-state index is 12.9. The van der Waals surface area contributed by atoms with Crippen LogP contribution in [0.1, 0.15) is 369 Å². The van der Waals surface area contributed by atoms with Crippen molar-refractivity contribution >= 4 is 17.9 Å². The van der Waals surface area contributed by atoms with E-state index >= 15 is 0 Å². The van der Waals surface area contributed by atoms with E-state index in [1.54, 1.807) is 0 Å². The van der Waals surface area contributed by atoms with Gasteiger partial charge >= 0.3 is 17.9 Å². The van der Waals surface area contributed by atoms with Gasteiger partial charge in [-0.3, -0.25) is 14.4 Å². The summed E-state index contributed by atoms with van der Waals surface area (Å²) < 4.78 is 17.0. The van der Waals surface area contributed by atoms with E-state index in [0.717, 1.165) is 69.6 Å². The lowest BCUT2D eigenvalue weighted by molar-refractivity contribution is -0.167. The number of carbonyl (C=O) groups excluding carboxylic acids is 3. The van der Waals surface area contributed by atoms with Crippen molar-refractivity contribution in [1.82, 2.24) is 0 Å². The molecule has 0 heterocycles. The highest BCUT2D eigenvalue weighted by Gasteiger charge is 2.19. The van der Waals surface area contributed by atoms with Gasteiger partial charge < -0.3 is 14.2 Å². The Morgan fingerprint density at radius 1 is 0.282 bits per heavy atom. The minimum absolute atomic E-state index is 0.0618. The van der Waals surface area contributed by atoms with Gasteiger partial charge in [-0.25, -0.2) is 0 Å². The van der Waals surface area contributed by atoms with Gasteiger partial charge in [0.25, 0.3) is 0 Å². The number of rotatable bonds is 59. The number of esters is 3. The van der Waals surface area contributed by atoms with Gasteiger partial charge in [0.1, 0.15) is 13.2 Å². The molecule has 0 N–H and O–H groups in total. The Kier molecular flexibility index (Phi) is 56.4. The van der Waals surface area contributed by atoms with Gasteiger partial charge in [0.2, 0.25) is 0 Å². The number of hydrogen-bond acceptors (Lipinski definition) is 6. The molecule has 3 atom stereocenters. The largest absolute Gasteiger partial charge is 0.462 e. The molecule has 0 aromatic heterocycles. The summed E-state index contributed by atoms with van der Waals surface area (Å²) in [6.07, 6.45) is 63.8. The van der Waals surface area contributed by atoms with Crippen molar-refractivity contribution in [2.45, 2.75) is 375 Å². The molecule has 0 radical (unpaired) electrons. The zero-order valence-corrected chi connectivity index (χ0v) is 48.9. The average molecular weight is 1000 g/mol. The van der Waals surface area contributed by atoms with Crippen LogP contribution in [-0.2, 0) is 28.6 Å². The molecule has 0 aliphatic carbocycles. The van der Waals surface area contributed by atoms with Crippen LogP contribution in [-0.4, -0.2) is 37.2 Å². The van der Waals surface area contributed by atoms with E-state index in [9.17, 15) is 14.4 Å². The van der Waals surface area contributed by atoms with E-state index in [1.807, 2.05) is 0 Å². The number of ether oxygens (including phenoxy) is 3. The van der Waals surface area contributed by atoms with Gasteiger partial charge in [-0.1, -0.05) is 330 Å². The first kappa shape index (κ1) is 69.4. The molecule has 0 rings (SSSR count). The van der Waals surface area contributed by atoms with Crippen molar-refractivity contribution in [2.24, 2.45) is 11.8 Å². The molecule has 0 aliphatic heterocycles. The summed E-state index contributed by atoms with van der Waals surface area (Å²) in [6, 6.07) is 0. The standard InChI is InChI=1S/C65H126O6/c1-6-9-10-11-12-13-14-23-30-35-40-45-50-55-63(66)69-58-62(71-65(68)57-52-47-42-37-32-27-22-21-25-29-34-39-44-49-54-61(5)8-3)59-70-64(67)56-51-46-41-36-31-26-20-18-16-15-17-19-24-28-33-38-43-48-53-60(4)7-2/h60-62H,6-59H2,1-5H3/t60?,61?,62-/m0/s1. The topological polar surface area (TPSA) is 78.9 Å². The minimum Gasteiger partial charge on any atom is -0.462 e. The van der Waals surface area contributed by atoms with Crippen LogP contribution in [0.3, 0.4) is 0 Å². The molecular weight excluding hydrogens is 877 g/mol. The van der Waals surface area contributed by atoms with Crippen LogP contribution in [0, 0.1) is 11.8 Å². The first-order chi connectivity index (χ1) is 34.8. The van der Waals surface area contributed by atoms with Crippen molar-refractivity contribution in [3.63, 3.8) is 0 Å². The SMILES string of the molecule is CCCCCCCCCCCCCCCC(=O)OC[C@@H](COC(=O)CCCCCCCCCCCCCCCCCCCCC(C)CC)OC(=O)CCCCCCCCCCCCCCCCC(C)CC. The molecule has 0 saturated heterocycles.